The number of alkyl halides is 3. The summed E-state index contributed by atoms with van der Waals surface area (Å²) in [6.45, 7) is -1.08. The van der Waals surface area contributed by atoms with Gasteiger partial charge in [-0.1, -0.05) is 28.9 Å². The van der Waals surface area contributed by atoms with Crippen LogP contribution in [0.15, 0.2) is 65.4 Å². The van der Waals surface area contributed by atoms with E-state index in [1.54, 1.807) is 0 Å². The van der Waals surface area contributed by atoms with Crippen molar-refractivity contribution >= 4 is 46.0 Å². The molecule has 1 unspecified atom stereocenters. The third-order valence-electron chi connectivity index (χ3n) is 7.61. The number of aromatic nitrogens is 4. The predicted octanol–water partition coefficient (Wildman–Crippen LogP) is 3.64. The fourth-order valence-electron chi connectivity index (χ4n) is 5.35. The molecule has 48 heavy (non-hydrogen) atoms. The number of para-hydroxylation sites is 1. The van der Waals surface area contributed by atoms with E-state index in [2.05, 4.69) is 20.6 Å². The molecule has 1 fully saturated rings. The molecule has 0 aliphatic carbocycles. The summed E-state index contributed by atoms with van der Waals surface area (Å²) in [5, 5.41) is 32.9. The van der Waals surface area contributed by atoms with E-state index in [0.29, 0.717) is 17.0 Å². The van der Waals surface area contributed by atoms with Gasteiger partial charge < -0.3 is 30.5 Å². The number of phenolic OH excluding ortho intramolecular Hbond substituents is 1. The lowest BCUT2D eigenvalue weighted by Gasteiger charge is -2.40. The number of fused-ring (bicyclic) bond motifs is 1. The van der Waals surface area contributed by atoms with Gasteiger partial charge in [-0.3, -0.25) is 19.5 Å². The van der Waals surface area contributed by atoms with Crippen molar-refractivity contribution in [2.24, 2.45) is 0 Å². The predicted molar refractivity (Wildman–Crippen MR) is 161 cm³/mol. The number of aromatic hydroxyl groups is 1. The number of pyridine rings is 1. The van der Waals surface area contributed by atoms with Gasteiger partial charge in [-0.05, 0) is 42.0 Å². The molecule has 0 saturated carbocycles. The summed E-state index contributed by atoms with van der Waals surface area (Å²) >= 11 is 6.40. The minimum absolute atomic E-state index is 0.0241. The molecule has 2 amide bonds. The monoisotopic (exact) mass is 689 g/mol. The number of carbonyl (C=O) groups is 2. The van der Waals surface area contributed by atoms with Crippen molar-refractivity contribution in [2.45, 2.75) is 24.3 Å². The first-order chi connectivity index (χ1) is 22.7. The second kappa shape index (κ2) is 12.4. The maximum absolute atomic E-state index is 15.3. The van der Waals surface area contributed by atoms with Gasteiger partial charge in [-0.2, -0.15) is 13.2 Å². The van der Waals surface area contributed by atoms with Crippen LogP contribution in [-0.4, -0.2) is 73.3 Å². The maximum atomic E-state index is 15.3. The van der Waals surface area contributed by atoms with Crippen LogP contribution in [0.5, 0.6) is 5.75 Å². The zero-order valence-corrected chi connectivity index (χ0v) is 25.2. The first kappa shape index (κ1) is 32.7. The fraction of sp³-hybridized carbons (Fsp3) is 0.233. The number of carbonyl (C=O) groups excluding carboxylic acids is 2. The third-order valence-corrected chi connectivity index (χ3v) is 7.91. The van der Waals surface area contributed by atoms with Gasteiger partial charge in [0.2, 0.25) is 0 Å². The lowest BCUT2D eigenvalue weighted by Crippen LogP contribution is -2.63. The second-order valence-corrected chi connectivity index (χ2v) is 11.3. The van der Waals surface area contributed by atoms with Gasteiger partial charge >= 0.3 is 6.18 Å². The SMILES string of the molecule is Nc1noc2cc(CC(O)(CNC(=O)c3ccccc3O)[C@H]3OCCN(c4nn(-c5ccnc(C(F)(F)F)c5)cc4F)C3=O)cc(Cl)c12. The van der Waals surface area contributed by atoms with E-state index in [0.717, 1.165) is 22.0 Å². The molecule has 5 aromatic rings. The van der Waals surface area contributed by atoms with Gasteiger partial charge in [-0.15, -0.1) is 5.10 Å². The van der Waals surface area contributed by atoms with E-state index < -0.39 is 53.6 Å². The topological polar surface area (TPSA) is 182 Å². The van der Waals surface area contributed by atoms with Gasteiger partial charge in [0, 0.05) is 12.6 Å². The molecule has 0 spiro atoms. The van der Waals surface area contributed by atoms with E-state index in [9.17, 15) is 33.0 Å². The van der Waals surface area contributed by atoms with Gasteiger partial charge in [0.1, 0.15) is 17.0 Å². The van der Waals surface area contributed by atoms with Crippen molar-refractivity contribution in [1.82, 2.24) is 25.2 Å². The number of hydrogen-bond donors (Lipinski definition) is 4. The number of hydrogen-bond acceptors (Lipinski definition) is 10. The van der Waals surface area contributed by atoms with Crippen molar-refractivity contribution in [3.05, 3.63) is 88.6 Å². The number of amides is 2. The highest BCUT2D eigenvalue weighted by atomic mass is 35.5. The summed E-state index contributed by atoms with van der Waals surface area (Å²) in [6, 6.07) is 10.4. The standard InChI is InChI=1S/C30H24ClF4N7O6/c31-18-9-15(10-21-23(18)25(36)40-48-21)12-29(46,14-38-27(44)17-3-1-2-4-20(17)43)24-28(45)41(7-8-47-24)26-19(32)13-42(39-26)16-5-6-37-22(11-16)30(33,34)35/h1-6,9-11,13,24,43,46H,7-8,12,14H2,(H2,36,40)(H,38,44)/t24-,29?/m0/s1. The Balaban J connectivity index is 1.33. The number of aliphatic hydroxyl groups is 1. The molecule has 1 aliphatic rings. The summed E-state index contributed by atoms with van der Waals surface area (Å²) in [6.07, 6.45) is -5.23. The average molecular weight is 690 g/mol. The molecule has 3 aromatic heterocycles. The fourth-order valence-corrected chi connectivity index (χ4v) is 5.68. The van der Waals surface area contributed by atoms with Crippen LogP contribution in [0, 0.1) is 5.82 Å². The third kappa shape index (κ3) is 6.22. The van der Waals surface area contributed by atoms with E-state index in [4.69, 9.17) is 26.6 Å². The molecule has 2 aromatic carbocycles. The number of nitrogens with zero attached hydrogens (tertiary/aromatic N) is 5. The molecule has 0 radical (unpaired) electrons. The number of anilines is 2. The van der Waals surface area contributed by atoms with Crippen molar-refractivity contribution in [3.8, 4) is 11.4 Å². The van der Waals surface area contributed by atoms with Crippen LogP contribution in [0.1, 0.15) is 21.6 Å². The number of ether oxygens (including phenoxy) is 1. The van der Waals surface area contributed by atoms with Crippen molar-refractivity contribution in [1.29, 1.82) is 0 Å². The number of phenols is 1. The van der Waals surface area contributed by atoms with Gasteiger partial charge in [0.25, 0.3) is 11.8 Å². The first-order valence-electron chi connectivity index (χ1n) is 14.1. The number of benzene rings is 2. The molecule has 6 rings (SSSR count). The molecule has 250 valence electrons. The summed E-state index contributed by atoms with van der Waals surface area (Å²) in [5.74, 6) is -3.66. The van der Waals surface area contributed by atoms with Crippen LogP contribution >= 0.6 is 11.6 Å². The number of nitrogens with one attached hydrogen (secondary N) is 1. The second-order valence-electron chi connectivity index (χ2n) is 10.9. The van der Waals surface area contributed by atoms with Crippen LogP contribution in [0.3, 0.4) is 0 Å². The Morgan fingerprint density at radius 1 is 1.19 bits per heavy atom. The quantitative estimate of drug-likeness (QED) is 0.176. The highest BCUT2D eigenvalue weighted by Crippen LogP contribution is 2.34. The number of nitrogen functional groups attached to an aromatic ring is 1. The number of morpholine rings is 1. The minimum atomic E-state index is -4.77. The number of rotatable bonds is 8. The number of nitrogens with two attached hydrogens (primary N) is 1. The Labute approximate surface area is 272 Å². The normalized spacial score (nSPS) is 16.7. The molecule has 4 heterocycles. The van der Waals surface area contributed by atoms with Gasteiger partial charge in [0.15, 0.2) is 29.1 Å². The van der Waals surface area contributed by atoms with Crippen LogP contribution in [-0.2, 0) is 22.1 Å². The molecule has 18 heteroatoms. The molecule has 1 saturated heterocycles. The zero-order chi connectivity index (χ0) is 34.4. The highest BCUT2D eigenvalue weighted by Gasteiger charge is 2.48. The van der Waals surface area contributed by atoms with E-state index in [1.807, 2.05) is 0 Å². The average Bonchev–Trinajstić information content (AvgIpc) is 3.62. The molecule has 2 atom stereocenters. The number of halogens is 5. The van der Waals surface area contributed by atoms with E-state index in [-0.39, 0.29) is 53.0 Å². The Hall–Kier alpha value is -5.26. The summed E-state index contributed by atoms with van der Waals surface area (Å²) in [4.78, 5) is 31.1. The van der Waals surface area contributed by atoms with Crippen LogP contribution in [0.4, 0.5) is 29.2 Å². The lowest BCUT2D eigenvalue weighted by molar-refractivity contribution is -0.157. The molecule has 0 bridgehead atoms. The van der Waals surface area contributed by atoms with Gasteiger partial charge in [0.05, 0.1) is 47.6 Å². The van der Waals surface area contributed by atoms with Crippen LogP contribution in [0.2, 0.25) is 5.02 Å². The van der Waals surface area contributed by atoms with Crippen LogP contribution in [0.25, 0.3) is 16.7 Å². The summed E-state index contributed by atoms with van der Waals surface area (Å²) in [5.41, 5.74) is 2.53. The first-order valence-corrected chi connectivity index (χ1v) is 14.5. The Morgan fingerprint density at radius 2 is 1.96 bits per heavy atom. The van der Waals surface area contributed by atoms with Crippen molar-refractivity contribution in [3.63, 3.8) is 0 Å². The summed E-state index contributed by atoms with van der Waals surface area (Å²) in [7, 11) is 0. The molecular formula is C30H24ClF4N7O6. The minimum Gasteiger partial charge on any atom is -0.507 e. The largest absolute Gasteiger partial charge is 0.507 e. The van der Waals surface area contributed by atoms with E-state index in [1.165, 1.54) is 42.5 Å². The smallest absolute Gasteiger partial charge is 0.433 e. The zero-order valence-electron chi connectivity index (χ0n) is 24.4. The maximum Gasteiger partial charge on any atom is 0.433 e. The molecule has 5 N–H and O–H groups in total. The van der Waals surface area contributed by atoms with Crippen molar-refractivity contribution < 1.29 is 46.6 Å². The van der Waals surface area contributed by atoms with Gasteiger partial charge in [-0.25, -0.2) is 9.07 Å². The highest BCUT2D eigenvalue weighted by molar-refractivity contribution is 6.36. The van der Waals surface area contributed by atoms with Crippen LogP contribution < -0.4 is 16.0 Å². The van der Waals surface area contributed by atoms with E-state index >= 15 is 4.39 Å². The lowest BCUT2D eigenvalue weighted by atomic mass is 9.86. The molecule has 1 aliphatic heterocycles. The molecular weight excluding hydrogens is 666 g/mol. The Bertz CT molecular complexity index is 2040. The Kier molecular flexibility index (Phi) is 8.44. The van der Waals surface area contributed by atoms with Crippen molar-refractivity contribution in [2.75, 3.05) is 30.3 Å². The Morgan fingerprint density at radius 3 is 2.71 bits per heavy atom. The molecule has 13 nitrogen and oxygen atoms in total. The summed E-state index contributed by atoms with van der Waals surface area (Å²) < 4.78 is 66.7.